The second kappa shape index (κ2) is 4.75. The molecule has 0 bridgehead atoms. The highest BCUT2D eigenvalue weighted by Gasteiger charge is 2.35. The number of nitrogens with zero attached hydrogens (tertiary/aromatic N) is 2. The summed E-state index contributed by atoms with van der Waals surface area (Å²) in [5.74, 6) is -1.55. The molecule has 3 N–H and O–H groups in total. The lowest BCUT2D eigenvalue weighted by atomic mass is 10.1. The number of para-hydroxylation sites is 1. The topological polar surface area (TPSA) is 77.0 Å². The van der Waals surface area contributed by atoms with Gasteiger partial charge in [-0.2, -0.15) is 0 Å². The van der Waals surface area contributed by atoms with E-state index in [0.717, 1.165) is 11.3 Å². The summed E-state index contributed by atoms with van der Waals surface area (Å²) in [6, 6.07) is 7.66. The smallest absolute Gasteiger partial charge is 0.270 e. The molecule has 1 aromatic rings. The lowest BCUT2D eigenvalue weighted by Gasteiger charge is -2.40. The van der Waals surface area contributed by atoms with Crippen molar-refractivity contribution in [2.24, 2.45) is 4.99 Å². The zero-order chi connectivity index (χ0) is 13.2. The minimum Gasteiger partial charge on any atom is -0.387 e. The van der Waals surface area contributed by atoms with E-state index in [2.05, 4.69) is 15.6 Å². The molecule has 0 aliphatic carbocycles. The first-order valence-electron chi connectivity index (χ1n) is 5.59. The molecule has 0 fully saturated rings. The maximum absolute atomic E-state index is 11.4. The Morgan fingerprint density at radius 3 is 2.89 bits per heavy atom. The summed E-state index contributed by atoms with van der Waals surface area (Å²) in [5.41, 5.74) is 1.83. The SMILES string of the molecule is CN(C)C1(NC(=O)CO)N=Cc2ccccc2N1. The first-order chi connectivity index (χ1) is 8.57. The van der Waals surface area contributed by atoms with Crippen LogP contribution in [0.15, 0.2) is 29.3 Å². The number of hydrogen-bond acceptors (Lipinski definition) is 5. The van der Waals surface area contributed by atoms with Crippen molar-refractivity contribution < 1.29 is 9.90 Å². The summed E-state index contributed by atoms with van der Waals surface area (Å²) in [6.07, 6.45) is 1.70. The number of anilines is 1. The van der Waals surface area contributed by atoms with Crippen molar-refractivity contribution in [1.82, 2.24) is 10.2 Å². The van der Waals surface area contributed by atoms with Gasteiger partial charge in [-0.05, 0) is 20.2 Å². The number of hydrogen-bond donors (Lipinski definition) is 3. The van der Waals surface area contributed by atoms with Gasteiger partial charge >= 0.3 is 0 Å². The molecule has 0 radical (unpaired) electrons. The van der Waals surface area contributed by atoms with Crippen molar-refractivity contribution in [2.75, 3.05) is 26.0 Å². The third kappa shape index (κ3) is 2.20. The Kier molecular flexibility index (Phi) is 3.31. The first-order valence-corrected chi connectivity index (χ1v) is 5.59. The molecule has 6 heteroatoms. The summed E-state index contributed by atoms with van der Waals surface area (Å²) in [7, 11) is 3.58. The number of amides is 1. The van der Waals surface area contributed by atoms with Gasteiger partial charge in [0.1, 0.15) is 6.61 Å². The molecule has 2 rings (SSSR count). The highest BCUT2D eigenvalue weighted by atomic mass is 16.3. The van der Waals surface area contributed by atoms with Gasteiger partial charge in [0.25, 0.3) is 5.91 Å². The Labute approximate surface area is 105 Å². The fourth-order valence-corrected chi connectivity index (χ4v) is 1.74. The van der Waals surface area contributed by atoms with E-state index in [1.165, 1.54) is 0 Å². The van der Waals surface area contributed by atoms with Gasteiger partial charge in [-0.3, -0.25) is 10.1 Å². The van der Waals surface area contributed by atoms with Crippen LogP contribution in [0.25, 0.3) is 0 Å². The number of rotatable bonds is 3. The van der Waals surface area contributed by atoms with Crippen molar-refractivity contribution in [3.8, 4) is 0 Å². The fourth-order valence-electron chi connectivity index (χ4n) is 1.74. The second-order valence-corrected chi connectivity index (χ2v) is 4.24. The van der Waals surface area contributed by atoms with Gasteiger partial charge in [-0.1, -0.05) is 18.2 Å². The Hall–Kier alpha value is -1.92. The average molecular weight is 248 g/mol. The molecule has 1 atom stereocenters. The standard InChI is InChI=1S/C12H16N4O2/c1-16(2)12(15-11(18)8-17)13-7-9-5-3-4-6-10(9)14-12/h3-7,14,17H,8H2,1-2H3,(H,15,18). The van der Waals surface area contributed by atoms with Crippen molar-refractivity contribution in [1.29, 1.82) is 0 Å². The molecular formula is C12H16N4O2. The van der Waals surface area contributed by atoms with Gasteiger partial charge in [-0.15, -0.1) is 0 Å². The molecule has 0 saturated carbocycles. The molecule has 6 nitrogen and oxygen atoms in total. The van der Waals surface area contributed by atoms with Crippen LogP contribution < -0.4 is 10.6 Å². The van der Waals surface area contributed by atoms with E-state index >= 15 is 0 Å². The van der Waals surface area contributed by atoms with Crippen molar-refractivity contribution in [3.05, 3.63) is 29.8 Å². The van der Waals surface area contributed by atoms with E-state index in [0.29, 0.717) is 0 Å². The maximum Gasteiger partial charge on any atom is 0.270 e. The normalized spacial score (nSPS) is 21.3. The monoisotopic (exact) mass is 248 g/mol. The third-order valence-electron chi connectivity index (χ3n) is 2.76. The van der Waals surface area contributed by atoms with Gasteiger partial charge in [0, 0.05) is 17.5 Å². The zero-order valence-corrected chi connectivity index (χ0v) is 10.3. The number of nitrogens with one attached hydrogen (secondary N) is 2. The molecule has 1 heterocycles. The van der Waals surface area contributed by atoms with Crippen LogP contribution >= 0.6 is 0 Å². The molecule has 1 aromatic carbocycles. The summed E-state index contributed by atoms with van der Waals surface area (Å²) in [5, 5.41) is 14.7. The summed E-state index contributed by atoms with van der Waals surface area (Å²) < 4.78 is 0. The van der Waals surface area contributed by atoms with Crippen LogP contribution in [-0.4, -0.2) is 48.7 Å². The summed E-state index contributed by atoms with van der Waals surface area (Å²) >= 11 is 0. The lowest BCUT2D eigenvalue weighted by molar-refractivity contribution is -0.127. The molecule has 0 spiro atoms. The summed E-state index contributed by atoms with van der Waals surface area (Å²) in [4.78, 5) is 17.5. The van der Waals surface area contributed by atoms with Crippen LogP contribution in [0.4, 0.5) is 5.69 Å². The van der Waals surface area contributed by atoms with Crippen LogP contribution in [0.3, 0.4) is 0 Å². The zero-order valence-electron chi connectivity index (χ0n) is 10.3. The van der Waals surface area contributed by atoms with E-state index in [-0.39, 0.29) is 0 Å². The van der Waals surface area contributed by atoms with Gasteiger partial charge in [0.2, 0.25) is 5.91 Å². The van der Waals surface area contributed by atoms with Crippen LogP contribution in [0.2, 0.25) is 0 Å². The van der Waals surface area contributed by atoms with E-state index in [1.807, 2.05) is 24.3 Å². The molecule has 1 aliphatic heterocycles. The van der Waals surface area contributed by atoms with Gasteiger partial charge in [0.15, 0.2) is 0 Å². The van der Waals surface area contributed by atoms with E-state index in [1.54, 1.807) is 25.2 Å². The highest BCUT2D eigenvalue weighted by Crippen LogP contribution is 2.24. The van der Waals surface area contributed by atoms with Gasteiger partial charge < -0.3 is 10.4 Å². The number of aliphatic imine (C=N–C) groups is 1. The molecule has 1 aliphatic rings. The fraction of sp³-hybridized carbons (Fsp3) is 0.333. The molecule has 0 aromatic heterocycles. The predicted octanol–water partition coefficient (Wildman–Crippen LogP) is -0.188. The molecule has 18 heavy (non-hydrogen) atoms. The Morgan fingerprint density at radius 2 is 2.22 bits per heavy atom. The molecule has 0 saturated heterocycles. The number of fused-ring (bicyclic) bond motifs is 1. The van der Waals surface area contributed by atoms with Gasteiger partial charge in [0.05, 0.1) is 0 Å². The van der Waals surface area contributed by atoms with E-state index in [4.69, 9.17) is 5.11 Å². The molecule has 1 unspecified atom stereocenters. The predicted molar refractivity (Wildman–Crippen MR) is 69.3 cm³/mol. The average Bonchev–Trinajstić information content (AvgIpc) is 2.38. The van der Waals surface area contributed by atoms with Crippen molar-refractivity contribution >= 4 is 17.8 Å². The highest BCUT2D eigenvalue weighted by molar-refractivity contribution is 5.90. The lowest BCUT2D eigenvalue weighted by Crippen LogP contribution is -2.63. The summed E-state index contributed by atoms with van der Waals surface area (Å²) in [6.45, 7) is -0.575. The largest absolute Gasteiger partial charge is 0.387 e. The van der Waals surface area contributed by atoms with Crippen LogP contribution in [-0.2, 0) is 4.79 Å². The van der Waals surface area contributed by atoms with Crippen LogP contribution in [0.5, 0.6) is 0 Å². The quantitative estimate of drug-likeness (QED) is 0.648. The molecular weight excluding hydrogens is 232 g/mol. The number of aliphatic hydroxyl groups is 1. The minimum absolute atomic E-state index is 0.493. The number of carbonyl (C=O) groups is 1. The van der Waals surface area contributed by atoms with E-state index in [9.17, 15) is 4.79 Å². The van der Waals surface area contributed by atoms with Crippen LogP contribution in [0, 0.1) is 0 Å². The number of aliphatic hydroxyl groups excluding tert-OH is 1. The number of benzene rings is 1. The number of carbonyl (C=O) groups excluding carboxylic acids is 1. The Balaban J connectivity index is 2.33. The Morgan fingerprint density at radius 1 is 1.50 bits per heavy atom. The van der Waals surface area contributed by atoms with Crippen molar-refractivity contribution in [2.45, 2.75) is 5.91 Å². The first kappa shape index (κ1) is 12.5. The van der Waals surface area contributed by atoms with Gasteiger partial charge in [-0.25, -0.2) is 9.89 Å². The minimum atomic E-state index is -1.06. The van der Waals surface area contributed by atoms with Crippen molar-refractivity contribution in [3.63, 3.8) is 0 Å². The third-order valence-corrected chi connectivity index (χ3v) is 2.76. The Bertz CT molecular complexity index is 487. The molecule has 96 valence electrons. The maximum atomic E-state index is 11.4. The molecule has 1 amide bonds. The van der Waals surface area contributed by atoms with E-state index < -0.39 is 18.4 Å². The second-order valence-electron chi connectivity index (χ2n) is 4.24. The van der Waals surface area contributed by atoms with Crippen LogP contribution in [0.1, 0.15) is 5.56 Å².